The largest absolute Gasteiger partial charge is 0.466 e. The molecule has 1 heterocycles. The van der Waals surface area contributed by atoms with Crippen LogP contribution in [-0.2, 0) is 23.9 Å². The van der Waals surface area contributed by atoms with Gasteiger partial charge in [0.15, 0.2) is 0 Å². The zero-order valence-electron chi connectivity index (χ0n) is 15.0. The van der Waals surface area contributed by atoms with Gasteiger partial charge in [-0.05, 0) is 12.5 Å². The fourth-order valence-electron chi connectivity index (χ4n) is 3.02. The summed E-state index contributed by atoms with van der Waals surface area (Å²) in [6.07, 6.45) is 0.480. The Hall–Kier alpha value is -3.49. The number of nitro benzene ring substituents is 1. The SMILES string of the molecule is COC(=O)C1=C(C)NC(CC=O)=C(C(=O)OC)C1c1cccc([N+](=O)[O-])c1. The van der Waals surface area contributed by atoms with Gasteiger partial charge in [0.25, 0.3) is 5.69 Å². The van der Waals surface area contributed by atoms with Crippen LogP contribution < -0.4 is 5.32 Å². The second kappa shape index (κ2) is 8.26. The average Bonchev–Trinajstić information content (AvgIpc) is 2.66. The molecule has 0 amide bonds. The van der Waals surface area contributed by atoms with Crippen LogP contribution in [0.1, 0.15) is 24.8 Å². The first kappa shape index (κ1) is 19.8. The van der Waals surface area contributed by atoms with Crippen LogP contribution in [0.15, 0.2) is 46.8 Å². The Bertz CT molecular complexity index is 870. The van der Waals surface area contributed by atoms with E-state index in [4.69, 9.17) is 9.47 Å². The number of aldehydes is 1. The molecular formula is C18H18N2O7. The minimum absolute atomic E-state index is 0.0242. The molecule has 0 aromatic heterocycles. The zero-order valence-corrected chi connectivity index (χ0v) is 15.0. The number of non-ortho nitro benzene ring substituents is 1. The van der Waals surface area contributed by atoms with Gasteiger partial charge in [0.2, 0.25) is 0 Å². The van der Waals surface area contributed by atoms with Crippen molar-refractivity contribution < 1.29 is 28.8 Å². The van der Waals surface area contributed by atoms with Crippen molar-refractivity contribution in [2.45, 2.75) is 19.3 Å². The first-order valence-electron chi connectivity index (χ1n) is 7.91. The third kappa shape index (κ3) is 3.86. The molecule has 0 saturated carbocycles. The van der Waals surface area contributed by atoms with Crippen molar-refractivity contribution in [2.24, 2.45) is 0 Å². The first-order valence-corrected chi connectivity index (χ1v) is 7.91. The highest BCUT2D eigenvalue weighted by molar-refractivity contribution is 6.00. The van der Waals surface area contributed by atoms with Crippen molar-refractivity contribution in [3.63, 3.8) is 0 Å². The molecule has 1 aliphatic heterocycles. The number of rotatable bonds is 6. The number of benzene rings is 1. The first-order chi connectivity index (χ1) is 12.8. The van der Waals surface area contributed by atoms with Crippen LogP contribution in [0.3, 0.4) is 0 Å². The topological polar surface area (TPSA) is 125 Å². The third-order valence-electron chi connectivity index (χ3n) is 4.16. The van der Waals surface area contributed by atoms with E-state index in [0.717, 1.165) is 0 Å². The molecule has 1 N–H and O–H groups in total. The number of esters is 2. The summed E-state index contributed by atoms with van der Waals surface area (Å²) in [5.41, 5.74) is 0.897. The van der Waals surface area contributed by atoms with E-state index >= 15 is 0 Å². The van der Waals surface area contributed by atoms with Gasteiger partial charge in [0, 0.05) is 29.9 Å². The number of ether oxygens (including phenoxy) is 2. The summed E-state index contributed by atoms with van der Waals surface area (Å²) in [5.74, 6) is -2.45. The molecule has 0 saturated heterocycles. The number of allylic oxidation sites excluding steroid dienone is 2. The van der Waals surface area contributed by atoms with Gasteiger partial charge in [0.1, 0.15) is 6.29 Å². The Morgan fingerprint density at radius 2 is 1.85 bits per heavy atom. The summed E-state index contributed by atoms with van der Waals surface area (Å²) in [6, 6.07) is 5.58. The van der Waals surface area contributed by atoms with E-state index in [0.29, 0.717) is 17.5 Å². The maximum absolute atomic E-state index is 12.5. The van der Waals surface area contributed by atoms with Crippen molar-refractivity contribution in [3.05, 3.63) is 62.5 Å². The summed E-state index contributed by atoms with van der Waals surface area (Å²) in [4.78, 5) is 46.5. The Morgan fingerprint density at radius 1 is 1.22 bits per heavy atom. The molecule has 0 aliphatic carbocycles. The Labute approximate surface area is 154 Å². The lowest BCUT2D eigenvalue weighted by molar-refractivity contribution is -0.384. The van der Waals surface area contributed by atoms with Crippen molar-refractivity contribution >= 4 is 23.9 Å². The van der Waals surface area contributed by atoms with Crippen LogP contribution in [0.2, 0.25) is 0 Å². The Balaban J connectivity index is 2.78. The summed E-state index contributed by atoms with van der Waals surface area (Å²) >= 11 is 0. The number of dihydropyridines is 1. The van der Waals surface area contributed by atoms with Crippen molar-refractivity contribution in [2.75, 3.05) is 14.2 Å². The summed E-state index contributed by atoms with van der Waals surface area (Å²) in [7, 11) is 2.36. The molecule has 9 nitrogen and oxygen atoms in total. The summed E-state index contributed by atoms with van der Waals surface area (Å²) in [5, 5.41) is 14.0. The van der Waals surface area contributed by atoms with Gasteiger partial charge < -0.3 is 19.6 Å². The molecule has 1 aromatic rings. The second-order valence-electron chi connectivity index (χ2n) is 5.69. The van der Waals surface area contributed by atoms with Crippen LogP contribution >= 0.6 is 0 Å². The number of nitrogens with one attached hydrogen (secondary N) is 1. The summed E-state index contributed by atoms with van der Waals surface area (Å²) in [6.45, 7) is 1.59. The fraction of sp³-hybridized carbons (Fsp3) is 0.278. The molecule has 142 valence electrons. The molecule has 2 rings (SSSR count). The van der Waals surface area contributed by atoms with Gasteiger partial charge in [-0.25, -0.2) is 9.59 Å². The van der Waals surface area contributed by atoms with Crippen LogP contribution in [0.25, 0.3) is 0 Å². The highest BCUT2D eigenvalue weighted by atomic mass is 16.6. The smallest absolute Gasteiger partial charge is 0.336 e. The van der Waals surface area contributed by atoms with Crippen molar-refractivity contribution in [3.8, 4) is 0 Å². The van der Waals surface area contributed by atoms with E-state index in [1.807, 2.05) is 0 Å². The van der Waals surface area contributed by atoms with Gasteiger partial charge in [0.05, 0.1) is 36.2 Å². The van der Waals surface area contributed by atoms with E-state index in [9.17, 15) is 24.5 Å². The summed E-state index contributed by atoms with van der Waals surface area (Å²) < 4.78 is 9.66. The molecule has 1 unspecified atom stereocenters. The lowest BCUT2D eigenvalue weighted by Crippen LogP contribution is -2.33. The van der Waals surface area contributed by atoms with Crippen LogP contribution in [0.5, 0.6) is 0 Å². The standard InChI is InChI=1S/C18H18N2O7/c1-10-14(17(22)26-2)15(11-5-4-6-12(9-11)20(24)25)16(18(23)27-3)13(19-10)7-8-21/h4-6,8-9,15,19H,7H2,1-3H3. The van der Waals surface area contributed by atoms with E-state index in [-0.39, 0.29) is 29.0 Å². The fourth-order valence-corrected chi connectivity index (χ4v) is 3.02. The van der Waals surface area contributed by atoms with E-state index < -0.39 is 22.8 Å². The molecule has 9 heteroatoms. The van der Waals surface area contributed by atoms with E-state index in [2.05, 4.69) is 5.32 Å². The van der Waals surface area contributed by atoms with E-state index in [1.54, 1.807) is 13.0 Å². The highest BCUT2D eigenvalue weighted by Crippen LogP contribution is 2.40. The van der Waals surface area contributed by atoms with E-state index in [1.165, 1.54) is 32.4 Å². The third-order valence-corrected chi connectivity index (χ3v) is 4.16. The van der Waals surface area contributed by atoms with Gasteiger partial charge in [-0.3, -0.25) is 10.1 Å². The second-order valence-corrected chi connectivity index (χ2v) is 5.69. The minimum Gasteiger partial charge on any atom is -0.466 e. The molecule has 1 atom stereocenters. The number of hydrogen-bond donors (Lipinski definition) is 1. The number of nitrogens with zero attached hydrogens (tertiary/aromatic N) is 1. The maximum atomic E-state index is 12.5. The van der Waals surface area contributed by atoms with Gasteiger partial charge in [-0.1, -0.05) is 12.1 Å². The lowest BCUT2D eigenvalue weighted by Gasteiger charge is -2.30. The number of nitro groups is 1. The molecule has 1 aromatic carbocycles. The molecule has 27 heavy (non-hydrogen) atoms. The van der Waals surface area contributed by atoms with Crippen LogP contribution in [0.4, 0.5) is 5.69 Å². The monoisotopic (exact) mass is 374 g/mol. The molecule has 1 aliphatic rings. The zero-order chi connectivity index (χ0) is 20.1. The Kier molecular flexibility index (Phi) is 6.07. The minimum atomic E-state index is -0.985. The normalized spacial score (nSPS) is 16.5. The predicted octanol–water partition coefficient (Wildman–Crippen LogP) is 1.74. The molecule has 0 radical (unpaired) electrons. The number of carbonyl (C=O) groups excluding carboxylic acids is 3. The number of carbonyl (C=O) groups is 3. The van der Waals surface area contributed by atoms with Crippen LogP contribution in [-0.4, -0.2) is 37.4 Å². The maximum Gasteiger partial charge on any atom is 0.336 e. The quantitative estimate of drug-likeness (QED) is 0.345. The van der Waals surface area contributed by atoms with Gasteiger partial charge in [-0.15, -0.1) is 0 Å². The molecule has 0 bridgehead atoms. The predicted molar refractivity (Wildman–Crippen MR) is 93.4 cm³/mol. The molecule has 0 fully saturated rings. The number of hydrogen-bond acceptors (Lipinski definition) is 8. The van der Waals surface area contributed by atoms with Gasteiger partial charge in [-0.2, -0.15) is 0 Å². The number of methoxy groups -OCH3 is 2. The van der Waals surface area contributed by atoms with Crippen molar-refractivity contribution in [1.82, 2.24) is 5.32 Å². The Morgan fingerprint density at radius 3 is 2.41 bits per heavy atom. The van der Waals surface area contributed by atoms with Crippen molar-refractivity contribution in [1.29, 1.82) is 0 Å². The molecule has 0 spiro atoms. The lowest BCUT2D eigenvalue weighted by atomic mass is 9.79. The van der Waals surface area contributed by atoms with Crippen LogP contribution in [0, 0.1) is 10.1 Å². The average molecular weight is 374 g/mol. The van der Waals surface area contributed by atoms with Gasteiger partial charge >= 0.3 is 11.9 Å². The molecular weight excluding hydrogens is 356 g/mol. The highest BCUT2D eigenvalue weighted by Gasteiger charge is 2.38.